The molecular formula is C17H25N5O2. The van der Waals surface area contributed by atoms with Crippen LogP contribution in [-0.2, 0) is 9.59 Å². The highest BCUT2D eigenvalue weighted by molar-refractivity contribution is 6.39. The van der Waals surface area contributed by atoms with Gasteiger partial charge in [0.2, 0.25) is 5.91 Å². The summed E-state index contributed by atoms with van der Waals surface area (Å²) in [5.41, 5.74) is 2.76. The second-order valence-corrected chi connectivity index (χ2v) is 6.93. The Morgan fingerprint density at radius 1 is 1.29 bits per heavy atom. The Balaban J connectivity index is 1.59. The summed E-state index contributed by atoms with van der Waals surface area (Å²) >= 11 is 0. The second kappa shape index (κ2) is 6.75. The molecule has 0 radical (unpaired) electrons. The van der Waals surface area contributed by atoms with Crippen molar-refractivity contribution in [2.24, 2.45) is 5.10 Å². The van der Waals surface area contributed by atoms with E-state index in [1.165, 1.54) is 10.7 Å². The third-order valence-corrected chi connectivity index (χ3v) is 4.89. The minimum atomic E-state index is -0.0366. The van der Waals surface area contributed by atoms with Crippen molar-refractivity contribution in [3.8, 4) is 0 Å². The molecular weight excluding hydrogens is 306 g/mol. The van der Waals surface area contributed by atoms with Crippen LogP contribution in [0.2, 0.25) is 0 Å². The molecule has 1 saturated heterocycles. The van der Waals surface area contributed by atoms with Crippen molar-refractivity contribution in [1.29, 1.82) is 0 Å². The fourth-order valence-corrected chi connectivity index (χ4v) is 3.26. The fourth-order valence-electron chi connectivity index (χ4n) is 3.26. The summed E-state index contributed by atoms with van der Waals surface area (Å²) in [7, 11) is 1.60. The number of amides is 2. The highest BCUT2D eigenvalue weighted by Crippen LogP contribution is 2.28. The zero-order valence-corrected chi connectivity index (χ0v) is 14.6. The van der Waals surface area contributed by atoms with E-state index in [9.17, 15) is 9.59 Å². The summed E-state index contributed by atoms with van der Waals surface area (Å²) in [6, 6.07) is 2.15. The third-order valence-electron chi connectivity index (χ3n) is 4.89. The number of hydrazone groups is 1. The lowest BCUT2D eigenvalue weighted by Gasteiger charge is -2.32. The van der Waals surface area contributed by atoms with E-state index in [1.54, 1.807) is 7.05 Å². The van der Waals surface area contributed by atoms with Crippen molar-refractivity contribution in [3.05, 3.63) is 17.5 Å². The van der Waals surface area contributed by atoms with E-state index >= 15 is 0 Å². The number of aromatic nitrogens is 2. The van der Waals surface area contributed by atoms with Crippen LogP contribution in [0.15, 0.2) is 11.2 Å². The van der Waals surface area contributed by atoms with Crippen molar-refractivity contribution in [1.82, 2.24) is 20.1 Å². The average molecular weight is 331 g/mol. The Hall–Kier alpha value is -2.18. The Labute approximate surface area is 142 Å². The van der Waals surface area contributed by atoms with Crippen molar-refractivity contribution < 1.29 is 9.59 Å². The number of nitrogens with zero attached hydrogens (tertiary/aromatic N) is 4. The molecule has 2 aliphatic rings. The van der Waals surface area contributed by atoms with E-state index in [1.807, 2.05) is 4.90 Å². The molecule has 7 nitrogen and oxygen atoms in total. The summed E-state index contributed by atoms with van der Waals surface area (Å²) < 4.78 is 0. The van der Waals surface area contributed by atoms with Crippen molar-refractivity contribution >= 4 is 17.5 Å². The lowest BCUT2D eigenvalue weighted by atomic mass is 9.92. The zero-order valence-electron chi connectivity index (χ0n) is 14.6. The molecule has 7 heteroatoms. The Morgan fingerprint density at radius 2 is 2.00 bits per heavy atom. The summed E-state index contributed by atoms with van der Waals surface area (Å²) in [4.78, 5) is 25.9. The van der Waals surface area contributed by atoms with E-state index in [2.05, 4.69) is 35.2 Å². The fraction of sp³-hybridized carbons (Fsp3) is 0.647. The van der Waals surface area contributed by atoms with Crippen LogP contribution in [0.1, 0.15) is 62.8 Å². The van der Waals surface area contributed by atoms with Gasteiger partial charge in [0.1, 0.15) is 5.71 Å². The molecule has 2 amide bonds. The van der Waals surface area contributed by atoms with Crippen LogP contribution in [0.3, 0.4) is 0 Å². The molecule has 1 N–H and O–H groups in total. The number of H-pyrrole nitrogens is 1. The van der Waals surface area contributed by atoms with E-state index in [0.717, 1.165) is 31.6 Å². The van der Waals surface area contributed by atoms with Gasteiger partial charge < -0.3 is 4.90 Å². The Bertz CT molecular complexity index is 656. The molecule has 0 aliphatic carbocycles. The van der Waals surface area contributed by atoms with Gasteiger partial charge in [-0.25, -0.2) is 5.01 Å². The molecule has 2 aliphatic heterocycles. The maximum absolute atomic E-state index is 12.6. The number of nitrogens with one attached hydrogen (secondary N) is 1. The molecule has 0 unspecified atom stereocenters. The quantitative estimate of drug-likeness (QED) is 0.917. The van der Waals surface area contributed by atoms with Crippen LogP contribution < -0.4 is 0 Å². The number of carbonyl (C=O) groups is 2. The van der Waals surface area contributed by atoms with Gasteiger partial charge in [0.05, 0.1) is 5.69 Å². The molecule has 0 aromatic carbocycles. The Morgan fingerprint density at radius 3 is 2.58 bits per heavy atom. The predicted molar refractivity (Wildman–Crippen MR) is 90.7 cm³/mol. The van der Waals surface area contributed by atoms with Crippen LogP contribution >= 0.6 is 0 Å². The smallest absolute Gasteiger partial charge is 0.270 e. The van der Waals surface area contributed by atoms with E-state index in [4.69, 9.17) is 0 Å². The van der Waals surface area contributed by atoms with Gasteiger partial charge in [-0.3, -0.25) is 14.7 Å². The van der Waals surface area contributed by atoms with Crippen LogP contribution in [0.25, 0.3) is 0 Å². The van der Waals surface area contributed by atoms with Gasteiger partial charge in [-0.2, -0.15) is 10.2 Å². The van der Waals surface area contributed by atoms with E-state index in [-0.39, 0.29) is 11.8 Å². The molecule has 1 aromatic rings. The zero-order chi connectivity index (χ0) is 17.3. The number of likely N-dealkylation sites (tertiary alicyclic amines) is 1. The largest absolute Gasteiger partial charge is 0.337 e. The summed E-state index contributed by atoms with van der Waals surface area (Å²) in [6.45, 7) is 5.70. The van der Waals surface area contributed by atoms with Crippen molar-refractivity contribution in [2.45, 2.75) is 51.4 Å². The van der Waals surface area contributed by atoms with Crippen molar-refractivity contribution in [3.63, 3.8) is 0 Å². The molecule has 1 fully saturated rings. The lowest BCUT2D eigenvalue weighted by Crippen LogP contribution is -2.44. The Kier molecular flexibility index (Phi) is 4.69. The molecule has 130 valence electrons. The molecule has 0 saturated carbocycles. The first-order valence-corrected chi connectivity index (χ1v) is 8.64. The van der Waals surface area contributed by atoms with E-state index < -0.39 is 0 Å². The topological polar surface area (TPSA) is 81.7 Å². The SMILES string of the molecule is CC(C)c1cc(C2CCN(C(=O)C3=NN(C)C(=O)CC3)CC2)[nH]n1. The highest BCUT2D eigenvalue weighted by Gasteiger charge is 2.30. The standard InChI is InChI=1S/C17H25N5O2/c1-11(2)14-10-15(19-18-14)12-6-8-22(9-7-12)17(24)13-4-5-16(23)21(3)20-13/h10-12H,4-9H2,1-3H3,(H,18,19). The first-order chi connectivity index (χ1) is 11.5. The van der Waals surface area contributed by atoms with Crippen LogP contribution in [0.4, 0.5) is 0 Å². The minimum absolute atomic E-state index is 0.0275. The number of rotatable bonds is 3. The van der Waals surface area contributed by atoms with Gasteiger partial charge in [0, 0.05) is 44.6 Å². The summed E-state index contributed by atoms with van der Waals surface area (Å²) in [6.07, 6.45) is 2.66. The molecule has 3 heterocycles. The number of hydrogen-bond acceptors (Lipinski definition) is 4. The number of aromatic amines is 1. The van der Waals surface area contributed by atoms with Crippen LogP contribution in [0.5, 0.6) is 0 Å². The molecule has 1 aromatic heterocycles. The first kappa shape index (κ1) is 16.7. The maximum atomic E-state index is 12.6. The number of carbonyl (C=O) groups excluding carboxylic acids is 2. The van der Waals surface area contributed by atoms with Crippen molar-refractivity contribution in [2.75, 3.05) is 20.1 Å². The van der Waals surface area contributed by atoms with Gasteiger partial charge in [-0.1, -0.05) is 13.8 Å². The second-order valence-electron chi connectivity index (χ2n) is 6.93. The first-order valence-electron chi connectivity index (χ1n) is 8.64. The van der Waals surface area contributed by atoms with Gasteiger partial charge in [-0.05, 0) is 24.8 Å². The number of hydrogen-bond donors (Lipinski definition) is 1. The normalized spacial score (nSPS) is 19.8. The molecule has 0 atom stereocenters. The van der Waals surface area contributed by atoms with Gasteiger partial charge in [0.25, 0.3) is 5.91 Å². The predicted octanol–water partition coefficient (Wildman–Crippen LogP) is 1.85. The molecule has 24 heavy (non-hydrogen) atoms. The van der Waals surface area contributed by atoms with Gasteiger partial charge in [0.15, 0.2) is 0 Å². The van der Waals surface area contributed by atoms with Gasteiger partial charge >= 0.3 is 0 Å². The van der Waals surface area contributed by atoms with Crippen LogP contribution in [0, 0.1) is 0 Å². The van der Waals surface area contributed by atoms with Gasteiger partial charge in [-0.15, -0.1) is 0 Å². The third kappa shape index (κ3) is 3.34. The summed E-state index contributed by atoms with van der Waals surface area (Å²) in [5.74, 6) is 0.776. The average Bonchev–Trinajstić information content (AvgIpc) is 3.07. The maximum Gasteiger partial charge on any atom is 0.270 e. The summed E-state index contributed by atoms with van der Waals surface area (Å²) in [5, 5.41) is 12.9. The van der Waals surface area contributed by atoms with E-state index in [0.29, 0.717) is 30.4 Å². The molecule has 3 rings (SSSR count). The number of piperidine rings is 1. The monoisotopic (exact) mass is 331 g/mol. The van der Waals surface area contributed by atoms with Crippen LogP contribution in [-0.4, -0.2) is 57.8 Å². The minimum Gasteiger partial charge on any atom is -0.337 e. The lowest BCUT2D eigenvalue weighted by molar-refractivity contribution is -0.130. The molecule has 0 bridgehead atoms. The molecule has 0 spiro atoms. The highest BCUT2D eigenvalue weighted by atomic mass is 16.2.